The summed E-state index contributed by atoms with van der Waals surface area (Å²) in [5.41, 5.74) is 0.634. The molecule has 0 fully saturated rings. The molecule has 2 aromatic rings. The summed E-state index contributed by atoms with van der Waals surface area (Å²) in [5.74, 6) is -0.563. The molecule has 1 aromatic carbocycles. The zero-order chi connectivity index (χ0) is 12.1. The maximum absolute atomic E-state index is 11.6. The second kappa shape index (κ2) is 4.99. The molecule has 2 rings (SSSR count). The van der Waals surface area contributed by atoms with Crippen molar-refractivity contribution in [1.29, 1.82) is 5.26 Å². The van der Waals surface area contributed by atoms with Gasteiger partial charge in [0.2, 0.25) is 11.9 Å². The Morgan fingerprint density at radius 2 is 2.00 bits per heavy atom. The van der Waals surface area contributed by atoms with Gasteiger partial charge in [-0.25, -0.2) is 4.79 Å². The van der Waals surface area contributed by atoms with Gasteiger partial charge in [-0.15, -0.1) is 0 Å². The highest BCUT2D eigenvalue weighted by atomic mass is 16.6. The minimum absolute atomic E-state index is 0.0844. The second-order valence-corrected chi connectivity index (χ2v) is 3.30. The van der Waals surface area contributed by atoms with E-state index in [-0.39, 0.29) is 5.76 Å². The number of benzene rings is 1. The molecule has 1 heterocycles. The van der Waals surface area contributed by atoms with Gasteiger partial charge in [-0.2, -0.15) is 5.26 Å². The van der Waals surface area contributed by atoms with Crippen molar-refractivity contribution in [3.05, 3.63) is 60.1 Å². The Kier molecular flexibility index (Phi) is 3.22. The van der Waals surface area contributed by atoms with Crippen molar-refractivity contribution in [3.8, 4) is 6.07 Å². The third-order valence-electron chi connectivity index (χ3n) is 2.17. The fraction of sp³-hybridized carbons (Fsp3) is 0.0769. The normalized spacial score (nSPS) is 11.5. The van der Waals surface area contributed by atoms with Crippen molar-refractivity contribution in [2.75, 3.05) is 0 Å². The van der Waals surface area contributed by atoms with Crippen molar-refractivity contribution in [1.82, 2.24) is 0 Å². The first-order valence-corrected chi connectivity index (χ1v) is 5.00. The van der Waals surface area contributed by atoms with E-state index in [2.05, 4.69) is 0 Å². The summed E-state index contributed by atoms with van der Waals surface area (Å²) in [4.78, 5) is 11.6. The highest BCUT2D eigenvalue weighted by Crippen LogP contribution is 2.18. The van der Waals surface area contributed by atoms with Crippen LogP contribution in [-0.4, -0.2) is 5.97 Å². The quantitative estimate of drug-likeness (QED) is 0.756. The van der Waals surface area contributed by atoms with E-state index in [0.29, 0.717) is 5.56 Å². The van der Waals surface area contributed by atoms with Crippen LogP contribution in [0.25, 0.3) is 0 Å². The molecule has 0 aliphatic carbocycles. The topological polar surface area (TPSA) is 63.2 Å². The van der Waals surface area contributed by atoms with Gasteiger partial charge in [0, 0.05) is 5.56 Å². The summed E-state index contributed by atoms with van der Waals surface area (Å²) in [7, 11) is 0. The van der Waals surface area contributed by atoms with E-state index in [1.54, 1.807) is 30.3 Å². The molecule has 84 valence electrons. The summed E-state index contributed by atoms with van der Waals surface area (Å²) in [5, 5.41) is 8.97. The maximum Gasteiger partial charge on any atom is 0.375 e. The molecule has 4 nitrogen and oxygen atoms in total. The van der Waals surface area contributed by atoms with Gasteiger partial charge in [0.25, 0.3) is 0 Å². The number of nitrogens with zero attached hydrogens (tertiary/aromatic N) is 1. The van der Waals surface area contributed by atoms with Crippen molar-refractivity contribution in [2.45, 2.75) is 6.10 Å². The molecule has 0 saturated heterocycles. The lowest BCUT2D eigenvalue weighted by Crippen LogP contribution is -2.09. The largest absolute Gasteiger partial charge is 0.457 e. The van der Waals surface area contributed by atoms with Crippen molar-refractivity contribution in [3.63, 3.8) is 0 Å². The van der Waals surface area contributed by atoms with Crippen molar-refractivity contribution >= 4 is 5.97 Å². The Morgan fingerprint density at radius 3 is 2.59 bits per heavy atom. The van der Waals surface area contributed by atoms with Crippen LogP contribution in [0.2, 0.25) is 0 Å². The first-order chi connectivity index (χ1) is 8.31. The van der Waals surface area contributed by atoms with Gasteiger partial charge in [-0.05, 0) is 12.1 Å². The van der Waals surface area contributed by atoms with E-state index in [4.69, 9.17) is 14.4 Å². The average Bonchev–Trinajstić information content (AvgIpc) is 2.90. The highest BCUT2D eigenvalue weighted by molar-refractivity contribution is 5.86. The molecule has 0 saturated carbocycles. The zero-order valence-electron chi connectivity index (χ0n) is 8.87. The molecule has 4 heteroatoms. The summed E-state index contributed by atoms with van der Waals surface area (Å²) in [6.07, 6.45) is 0.453. The average molecular weight is 227 g/mol. The molecular weight excluding hydrogens is 218 g/mol. The van der Waals surface area contributed by atoms with E-state index in [1.165, 1.54) is 12.3 Å². The van der Waals surface area contributed by atoms with E-state index in [9.17, 15) is 4.79 Å². The summed E-state index contributed by atoms with van der Waals surface area (Å²) < 4.78 is 9.93. The molecule has 1 aromatic heterocycles. The molecule has 1 unspecified atom stereocenters. The molecule has 0 N–H and O–H groups in total. The lowest BCUT2D eigenvalue weighted by Gasteiger charge is -2.09. The summed E-state index contributed by atoms with van der Waals surface area (Å²) in [6, 6.07) is 13.8. The lowest BCUT2D eigenvalue weighted by molar-refractivity contribution is 0.0367. The van der Waals surface area contributed by atoms with Crippen LogP contribution in [0, 0.1) is 11.3 Å². The molecule has 1 atom stereocenters. The number of esters is 1. The highest BCUT2D eigenvalue weighted by Gasteiger charge is 2.18. The van der Waals surface area contributed by atoms with Gasteiger partial charge < -0.3 is 9.15 Å². The SMILES string of the molecule is N#CC(OC(=O)c1ccco1)c1ccccc1. The number of carbonyl (C=O) groups is 1. The van der Waals surface area contributed by atoms with Crippen LogP contribution in [0.15, 0.2) is 53.1 Å². The number of hydrogen-bond donors (Lipinski definition) is 0. The van der Waals surface area contributed by atoms with Crippen LogP contribution in [0.3, 0.4) is 0 Å². The monoisotopic (exact) mass is 227 g/mol. The molecule has 0 spiro atoms. The van der Waals surface area contributed by atoms with E-state index >= 15 is 0 Å². The molecule has 0 bridgehead atoms. The molecule has 17 heavy (non-hydrogen) atoms. The molecule has 0 aliphatic heterocycles. The summed E-state index contributed by atoms with van der Waals surface area (Å²) in [6.45, 7) is 0. The minimum Gasteiger partial charge on any atom is -0.457 e. The van der Waals surface area contributed by atoms with Gasteiger partial charge in [-0.1, -0.05) is 30.3 Å². The first-order valence-electron chi connectivity index (χ1n) is 5.00. The Morgan fingerprint density at radius 1 is 1.24 bits per heavy atom. The van der Waals surface area contributed by atoms with E-state index in [0.717, 1.165) is 0 Å². The zero-order valence-corrected chi connectivity index (χ0v) is 8.87. The number of nitriles is 1. The Balaban J connectivity index is 2.12. The smallest absolute Gasteiger partial charge is 0.375 e. The standard InChI is InChI=1S/C13H9NO3/c14-9-12(10-5-2-1-3-6-10)17-13(15)11-7-4-8-16-11/h1-8,12H. The Labute approximate surface area is 98.0 Å². The summed E-state index contributed by atoms with van der Waals surface area (Å²) >= 11 is 0. The van der Waals surface area contributed by atoms with E-state index in [1.807, 2.05) is 12.1 Å². The van der Waals surface area contributed by atoms with E-state index < -0.39 is 12.1 Å². The number of ether oxygens (including phenoxy) is 1. The third kappa shape index (κ3) is 2.52. The number of hydrogen-bond acceptors (Lipinski definition) is 4. The van der Waals surface area contributed by atoms with Crippen LogP contribution in [0.1, 0.15) is 22.2 Å². The van der Waals surface area contributed by atoms with Crippen LogP contribution < -0.4 is 0 Å². The number of furan rings is 1. The molecule has 0 amide bonds. The fourth-order valence-corrected chi connectivity index (χ4v) is 1.36. The van der Waals surface area contributed by atoms with Crippen LogP contribution in [0.5, 0.6) is 0 Å². The predicted octanol–water partition coefficient (Wildman–Crippen LogP) is 2.70. The molecule has 0 radical (unpaired) electrons. The van der Waals surface area contributed by atoms with Crippen LogP contribution in [-0.2, 0) is 4.74 Å². The second-order valence-electron chi connectivity index (χ2n) is 3.30. The van der Waals surface area contributed by atoms with Gasteiger partial charge in [-0.3, -0.25) is 0 Å². The number of carbonyl (C=O) groups excluding carboxylic acids is 1. The van der Waals surface area contributed by atoms with Gasteiger partial charge in [0.05, 0.1) is 6.26 Å². The van der Waals surface area contributed by atoms with Gasteiger partial charge in [0.15, 0.2) is 0 Å². The molecular formula is C13H9NO3. The first kappa shape index (κ1) is 11.0. The van der Waals surface area contributed by atoms with Crippen LogP contribution >= 0.6 is 0 Å². The van der Waals surface area contributed by atoms with Gasteiger partial charge >= 0.3 is 5.97 Å². The van der Waals surface area contributed by atoms with Gasteiger partial charge in [0.1, 0.15) is 6.07 Å². The van der Waals surface area contributed by atoms with Crippen molar-refractivity contribution < 1.29 is 13.9 Å². The minimum atomic E-state index is -0.922. The lowest BCUT2D eigenvalue weighted by atomic mass is 10.1. The number of rotatable bonds is 3. The Hall–Kier alpha value is -2.54. The van der Waals surface area contributed by atoms with Crippen molar-refractivity contribution in [2.24, 2.45) is 0 Å². The Bertz CT molecular complexity index is 526. The maximum atomic E-state index is 11.6. The van der Waals surface area contributed by atoms with Crippen LogP contribution in [0.4, 0.5) is 0 Å². The fourth-order valence-electron chi connectivity index (χ4n) is 1.36. The molecule has 0 aliphatic rings. The predicted molar refractivity (Wildman–Crippen MR) is 58.9 cm³/mol. The third-order valence-corrected chi connectivity index (χ3v) is 2.17.